The Bertz CT molecular complexity index is 644. The van der Waals surface area contributed by atoms with Crippen LogP contribution in [0.3, 0.4) is 0 Å². The van der Waals surface area contributed by atoms with Crippen LogP contribution < -0.4 is 4.72 Å². The molecule has 0 aromatic heterocycles. The molecule has 2 rings (SSSR count). The van der Waals surface area contributed by atoms with Crippen molar-refractivity contribution in [1.29, 1.82) is 0 Å². The number of piperidine rings is 1. The quantitative estimate of drug-likeness (QED) is 0.763. The number of benzene rings is 1. The number of hydrogen-bond donors (Lipinski definition) is 2. The number of likely N-dealkylation sites (tertiary alicyclic amines) is 1. The van der Waals surface area contributed by atoms with E-state index in [0.717, 1.165) is 32.0 Å². The molecule has 0 aliphatic carbocycles. The number of hydrogen-bond acceptors (Lipinski definition) is 4. The molecule has 1 fully saturated rings. The molecule has 5 nitrogen and oxygen atoms in total. The van der Waals surface area contributed by atoms with Crippen molar-refractivity contribution in [1.82, 2.24) is 9.62 Å². The van der Waals surface area contributed by atoms with E-state index in [4.69, 9.17) is 0 Å². The summed E-state index contributed by atoms with van der Waals surface area (Å²) in [6.07, 6.45) is 1.80. The van der Waals surface area contributed by atoms with Crippen LogP contribution in [0.1, 0.15) is 24.8 Å². The van der Waals surface area contributed by atoms with Gasteiger partial charge in [-0.3, -0.25) is 0 Å². The summed E-state index contributed by atoms with van der Waals surface area (Å²) < 4.78 is 53.4. The normalized spacial score (nSPS) is 17.6. The molecule has 8 heteroatoms. The first kappa shape index (κ1) is 18.3. The summed E-state index contributed by atoms with van der Waals surface area (Å²) in [6, 6.07) is 1.59. The van der Waals surface area contributed by atoms with E-state index in [0.29, 0.717) is 19.0 Å². The van der Waals surface area contributed by atoms with E-state index in [-0.39, 0.29) is 18.2 Å². The van der Waals surface area contributed by atoms with Crippen molar-refractivity contribution >= 4 is 10.0 Å². The van der Waals surface area contributed by atoms with E-state index in [1.807, 2.05) is 0 Å². The molecule has 1 aromatic rings. The molecule has 1 saturated heterocycles. The highest BCUT2D eigenvalue weighted by atomic mass is 32.2. The molecule has 1 aromatic carbocycles. The van der Waals surface area contributed by atoms with Gasteiger partial charge in [-0.05, 0) is 44.4 Å². The third-order valence-corrected chi connectivity index (χ3v) is 5.48. The maximum absolute atomic E-state index is 13.7. The zero-order valence-corrected chi connectivity index (χ0v) is 13.9. The van der Waals surface area contributed by atoms with Gasteiger partial charge in [0, 0.05) is 25.7 Å². The molecule has 0 bridgehead atoms. The number of sulfonamides is 1. The van der Waals surface area contributed by atoms with Crippen molar-refractivity contribution < 1.29 is 22.3 Å². The molecule has 1 heterocycles. The van der Waals surface area contributed by atoms with Crippen LogP contribution >= 0.6 is 0 Å². The van der Waals surface area contributed by atoms with Gasteiger partial charge >= 0.3 is 0 Å². The molecule has 130 valence electrons. The molecule has 2 N–H and O–H groups in total. The predicted octanol–water partition coefficient (Wildman–Crippen LogP) is 1.40. The first-order valence-corrected chi connectivity index (χ1v) is 9.13. The molecule has 0 radical (unpaired) electrons. The zero-order chi connectivity index (χ0) is 17.0. The Balaban J connectivity index is 1.86. The zero-order valence-electron chi connectivity index (χ0n) is 13.1. The van der Waals surface area contributed by atoms with Crippen LogP contribution in [0, 0.1) is 18.6 Å². The minimum atomic E-state index is -3.99. The van der Waals surface area contributed by atoms with Crippen molar-refractivity contribution in [2.45, 2.75) is 37.2 Å². The van der Waals surface area contributed by atoms with E-state index in [2.05, 4.69) is 9.62 Å². The van der Waals surface area contributed by atoms with Gasteiger partial charge in [0.2, 0.25) is 10.0 Å². The summed E-state index contributed by atoms with van der Waals surface area (Å²) in [5.74, 6) is -1.86. The third-order valence-electron chi connectivity index (χ3n) is 4.00. The summed E-state index contributed by atoms with van der Waals surface area (Å²) >= 11 is 0. The highest BCUT2D eigenvalue weighted by Gasteiger charge is 2.21. The van der Waals surface area contributed by atoms with Gasteiger partial charge in [0.1, 0.15) is 16.5 Å². The van der Waals surface area contributed by atoms with E-state index < -0.39 is 26.6 Å². The van der Waals surface area contributed by atoms with Crippen LogP contribution in [-0.2, 0) is 10.0 Å². The lowest BCUT2D eigenvalue weighted by Gasteiger charge is -2.29. The highest BCUT2D eigenvalue weighted by Crippen LogP contribution is 2.18. The van der Waals surface area contributed by atoms with Gasteiger partial charge in [0.25, 0.3) is 0 Å². The lowest BCUT2D eigenvalue weighted by molar-refractivity contribution is 0.0823. The number of nitrogens with one attached hydrogen (secondary N) is 1. The molecule has 0 saturated carbocycles. The first-order chi connectivity index (χ1) is 10.8. The average Bonchev–Trinajstić information content (AvgIpc) is 2.49. The van der Waals surface area contributed by atoms with Gasteiger partial charge in [-0.15, -0.1) is 0 Å². The van der Waals surface area contributed by atoms with E-state index in [1.165, 1.54) is 6.92 Å². The van der Waals surface area contributed by atoms with Crippen LogP contribution in [-0.4, -0.2) is 50.7 Å². The fourth-order valence-corrected chi connectivity index (χ4v) is 3.78. The molecule has 0 amide bonds. The Kier molecular flexibility index (Phi) is 6.07. The van der Waals surface area contributed by atoms with Crippen LogP contribution in [0.25, 0.3) is 0 Å². The highest BCUT2D eigenvalue weighted by molar-refractivity contribution is 7.89. The first-order valence-electron chi connectivity index (χ1n) is 7.65. The van der Waals surface area contributed by atoms with Crippen LogP contribution in [0.15, 0.2) is 17.0 Å². The SMILES string of the molecule is Cc1cc(S(=O)(=O)NCCCN2CCC(O)CC2)c(F)cc1F. The second-order valence-electron chi connectivity index (χ2n) is 5.86. The molecular formula is C15H22F2N2O3S. The Morgan fingerprint density at radius 2 is 1.91 bits per heavy atom. The van der Waals surface area contributed by atoms with Crippen molar-refractivity contribution in [3.8, 4) is 0 Å². The average molecular weight is 348 g/mol. The fourth-order valence-electron chi connectivity index (χ4n) is 2.57. The number of rotatable bonds is 6. The minimum Gasteiger partial charge on any atom is -0.393 e. The van der Waals surface area contributed by atoms with Gasteiger partial charge in [-0.2, -0.15) is 0 Å². The summed E-state index contributed by atoms with van der Waals surface area (Å²) in [4.78, 5) is 1.63. The van der Waals surface area contributed by atoms with Crippen molar-refractivity contribution in [3.63, 3.8) is 0 Å². The van der Waals surface area contributed by atoms with Gasteiger partial charge in [0.05, 0.1) is 6.10 Å². The van der Waals surface area contributed by atoms with Gasteiger partial charge in [0.15, 0.2) is 0 Å². The predicted molar refractivity (Wildman–Crippen MR) is 82.6 cm³/mol. The number of aryl methyl sites for hydroxylation is 1. The van der Waals surface area contributed by atoms with Crippen molar-refractivity contribution in [2.75, 3.05) is 26.2 Å². The van der Waals surface area contributed by atoms with Crippen LogP contribution in [0.5, 0.6) is 0 Å². The van der Waals surface area contributed by atoms with Crippen LogP contribution in [0.2, 0.25) is 0 Å². The minimum absolute atomic E-state index is 0.0821. The second-order valence-corrected chi connectivity index (χ2v) is 7.59. The maximum atomic E-state index is 13.7. The third kappa shape index (κ3) is 4.94. The Hall–Kier alpha value is -1.09. The molecular weight excluding hydrogens is 326 g/mol. The maximum Gasteiger partial charge on any atom is 0.243 e. The number of halogens is 2. The van der Waals surface area contributed by atoms with Gasteiger partial charge in [-0.1, -0.05) is 0 Å². The Morgan fingerprint density at radius 1 is 1.26 bits per heavy atom. The van der Waals surface area contributed by atoms with Gasteiger partial charge in [-0.25, -0.2) is 21.9 Å². The molecule has 0 atom stereocenters. The molecule has 0 spiro atoms. The summed E-state index contributed by atoms with van der Waals surface area (Å²) in [6.45, 7) is 3.86. The smallest absolute Gasteiger partial charge is 0.243 e. The number of nitrogens with zero attached hydrogens (tertiary/aromatic N) is 1. The number of aliphatic hydroxyl groups excluding tert-OH is 1. The van der Waals surface area contributed by atoms with E-state index in [1.54, 1.807) is 0 Å². The number of aliphatic hydroxyl groups is 1. The summed E-state index contributed by atoms with van der Waals surface area (Å²) in [5.41, 5.74) is 0.0821. The molecule has 0 unspecified atom stereocenters. The van der Waals surface area contributed by atoms with E-state index in [9.17, 15) is 22.3 Å². The van der Waals surface area contributed by atoms with E-state index >= 15 is 0 Å². The fraction of sp³-hybridized carbons (Fsp3) is 0.600. The topological polar surface area (TPSA) is 69.6 Å². The standard InChI is InChI=1S/C15H22F2N2O3S/c1-11-9-15(14(17)10-13(11)16)23(21,22)18-5-2-6-19-7-3-12(20)4-8-19/h9-10,12,18,20H,2-8H2,1H3. The lowest BCUT2D eigenvalue weighted by atomic mass is 10.1. The second kappa shape index (κ2) is 7.65. The summed E-state index contributed by atoms with van der Waals surface area (Å²) in [5, 5.41) is 9.42. The lowest BCUT2D eigenvalue weighted by Crippen LogP contribution is -2.37. The molecule has 1 aliphatic heterocycles. The summed E-state index contributed by atoms with van der Waals surface area (Å²) in [7, 11) is -3.99. The molecule has 1 aliphatic rings. The molecule has 23 heavy (non-hydrogen) atoms. The van der Waals surface area contributed by atoms with Crippen molar-refractivity contribution in [3.05, 3.63) is 29.3 Å². The van der Waals surface area contributed by atoms with Crippen LogP contribution in [0.4, 0.5) is 8.78 Å². The van der Waals surface area contributed by atoms with Gasteiger partial charge < -0.3 is 10.0 Å². The Morgan fingerprint density at radius 3 is 2.57 bits per heavy atom. The Labute approximate surface area is 135 Å². The monoisotopic (exact) mass is 348 g/mol. The largest absolute Gasteiger partial charge is 0.393 e. The van der Waals surface area contributed by atoms with Crippen molar-refractivity contribution in [2.24, 2.45) is 0 Å².